The molecule has 0 aromatic carbocycles. The third-order valence-corrected chi connectivity index (χ3v) is 4.57. The van der Waals surface area contributed by atoms with Gasteiger partial charge in [0.2, 0.25) is 11.8 Å². The quantitative estimate of drug-likeness (QED) is 0.150. The maximum absolute atomic E-state index is 9.96. The van der Waals surface area contributed by atoms with Gasteiger partial charge in [-0.25, -0.2) is 19.2 Å². The summed E-state index contributed by atoms with van der Waals surface area (Å²) in [5.41, 5.74) is 0. The van der Waals surface area contributed by atoms with Gasteiger partial charge in [0.05, 0.1) is 42.7 Å². The second kappa shape index (κ2) is 97.3. The van der Waals surface area contributed by atoms with Crippen molar-refractivity contribution in [3.05, 3.63) is 0 Å². The number of rotatable bonds is 0. The van der Waals surface area contributed by atoms with Crippen molar-refractivity contribution in [3.8, 4) is 0 Å². The average molecular weight is 997 g/mol. The molecular weight excluding hydrogens is 913 g/mol. The first-order chi connectivity index (χ1) is 29.4. The van der Waals surface area contributed by atoms with E-state index in [1.165, 1.54) is 122 Å². The van der Waals surface area contributed by atoms with Crippen LogP contribution < -0.4 is 31.9 Å². The summed E-state index contributed by atoms with van der Waals surface area (Å²) in [6.07, 6.45) is 6.14. The van der Waals surface area contributed by atoms with Crippen LogP contribution in [-0.2, 0) is 66.7 Å². The molecule has 0 fully saturated rings. The Morgan fingerprint density at radius 3 is 0.516 bits per heavy atom. The molecule has 0 saturated heterocycles. The lowest BCUT2D eigenvalue weighted by atomic mass is 10.6. The summed E-state index contributed by atoms with van der Waals surface area (Å²) < 4.78 is 28.8. The van der Waals surface area contributed by atoms with Crippen molar-refractivity contribution >= 4 is 99.4 Å². The van der Waals surface area contributed by atoms with Crippen LogP contribution in [0.5, 0.6) is 0 Å². The molecule has 27 heteroatoms. The number of hydrogen-bond acceptors (Lipinski definition) is 21. The molecule has 6 amide bonds. The third-order valence-electron chi connectivity index (χ3n) is 3.42. The van der Waals surface area contributed by atoms with E-state index in [4.69, 9.17) is 0 Å². The van der Waals surface area contributed by atoms with Crippen molar-refractivity contribution in [2.45, 2.75) is 55.4 Å². The zero-order valence-corrected chi connectivity index (χ0v) is 45.5. The zero-order chi connectivity index (χ0) is 54.7. The van der Waals surface area contributed by atoms with E-state index >= 15 is 0 Å². The molecule has 0 bridgehead atoms. The fraction of sp³-hybridized carbons (Fsp3) is 0.703. The van der Waals surface area contributed by atoms with Crippen LogP contribution in [0.4, 0.5) is 19.2 Å². The van der Waals surface area contributed by atoms with Crippen LogP contribution >= 0.6 is 35.3 Å². The Morgan fingerprint density at radius 2 is 0.516 bits per heavy atom. The Morgan fingerprint density at radius 1 is 0.359 bits per heavy atom. The third kappa shape index (κ3) is 338. The molecule has 0 saturated carbocycles. The second-order valence-corrected chi connectivity index (χ2v) is 11.9. The van der Waals surface area contributed by atoms with Gasteiger partial charge in [-0.15, -0.1) is 0 Å². The van der Waals surface area contributed by atoms with Gasteiger partial charge < -0.3 is 69.9 Å². The number of carbonyl (C=O) groups is 11. The number of thioether (sulfide) groups is 3. The van der Waals surface area contributed by atoms with E-state index in [1.807, 2.05) is 12.5 Å². The molecule has 388 valence electrons. The Balaban J connectivity index is -0.0000000402. The number of alkyl carbamates (subject to hydrolysis) is 2. The molecule has 0 rings (SSSR count). The van der Waals surface area contributed by atoms with Crippen molar-refractivity contribution in [2.75, 3.05) is 124 Å². The van der Waals surface area contributed by atoms with E-state index in [0.717, 1.165) is 0 Å². The molecule has 0 unspecified atom stereocenters. The van der Waals surface area contributed by atoms with E-state index < -0.39 is 18.3 Å². The molecule has 0 aliphatic carbocycles. The van der Waals surface area contributed by atoms with Gasteiger partial charge in [-0.05, 0) is 38.9 Å². The minimum absolute atomic E-state index is 0.00463. The number of hydrogen-bond donors (Lipinski definition) is 6. The standard InChI is InChI=1S/C3H8N2O.2C3H7NO2.2C3H7NO.C3H6O3.2C3H6O2.2C3H6OS.C3H6O.C2H6O.C2H6S/c1-4-3(6)5-2;2*1-4-3(5)6-2;2*1-3(5)4-2;1-5-3(4)6-2;4*1-3(4)5-2;1-3(2)4;2*1-3-2/h1-2H3,(H2,4,5,6);2*1-2H3,(H,4,5);2*1-2H3,(H,4,5);1-2H3;4*1-2H3;1-2H3;2*1-2H3. The zero-order valence-electron chi connectivity index (χ0n) is 43.1. The summed E-state index contributed by atoms with van der Waals surface area (Å²) in [6.45, 7) is 11.8. The molecule has 0 spiro atoms. The monoisotopic (exact) mass is 997 g/mol. The van der Waals surface area contributed by atoms with E-state index in [1.54, 1.807) is 80.5 Å². The molecular formula is C37H84N6O18S3. The number of esters is 2. The predicted molar refractivity (Wildman–Crippen MR) is 258 cm³/mol. The number of methoxy groups -OCH3 is 7. The van der Waals surface area contributed by atoms with Gasteiger partial charge in [0.1, 0.15) is 5.78 Å². The number of ketones is 1. The summed E-state index contributed by atoms with van der Waals surface area (Å²) >= 11 is 4.23. The van der Waals surface area contributed by atoms with E-state index in [0.29, 0.717) is 0 Å². The molecule has 0 aromatic rings. The normalized spacial score (nSPS) is 6.91. The van der Waals surface area contributed by atoms with Gasteiger partial charge in [0.25, 0.3) is 0 Å². The molecule has 0 aliphatic heterocycles. The summed E-state index contributed by atoms with van der Waals surface area (Å²) in [4.78, 5) is 107. The fourth-order valence-corrected chi connectivity index (χ4v) is 0.412. The Kier molecular flexibility index (Phi) is 143. The lowest BCUT2D eigenvalue weighted by molar-refractivity contribution is -0.138. The molecule has 6 N–H and O–H groups in total. The molecule has 0 radical (unpaired) electrons. The van der Waals surface area contributed by atoms with Crippen LogP contribution in [0.25, 0.3) is 0 Å². The number of amides is 6. The minimum Gasteiger partial charge on any atom is -0.469 e. The van der Waals surface area contributed by atoms with Crippen LogP contribution in [0, 0.1) is 0 Å². The van der Waals surface area contributed by atoms with Crippen molar-refractivity contribution in [3.63, 3.8) is 0 Å². The van der Waals surface area contributed by atoms with Crippen molar-refractivity contribution in [1.82, 2.24) is 31.9 Å². The van der Waals surface area contributed by atoms with Crippen molar-refractivity contribution < 1.29 is 85.9 Å². The first-order valence-electron chi connectivity index (χ1n) is 17.3. The van der Waals surface area contributed by atoms with Crippen molar-refractivity contribution in [1.29, 1.82) is 0 Å². The maximum atomic E-state index is 9.96. The molecule has 0 atom stereocenters. The van der Waals surface area contributed by atoms with Gasteiger partial charge in [-0.1, -0.05) is 23.5 Å². The molecule has 24 nitrogen and oxygen atoms in total. The molecule has 64 heavy (non-hydrogen) atoms. The van der Waals surface area contributed by atoms with Crippen LogP contribution in [0.3, 0.4) is 0 Å². The Hall–Kier alpha value is -5.02. The van der Waals surface area contributed by atoms with E-state index in [2.05, 4.69) is 65.1 Å². The topological polar surface area (TPSA) is 325 Å². The van der Waals surface area contributed by atoms with Crippen LogP contribution in [0.1, 0.15) is 55.4 Å². The van der Waals surface area contributed by atoms with Gasteiger partial charge in [0, 0.05) is 98.0 Å². The highest BCUT2D eigenvalue weighted by molar-refractivity contribution is 8.13. The lowest BCUT2D eigenvalue weighted by Gasteiger charge is -1.91. The number of ether oxygens (including phenoxy) is 7. The van der Waals surface area contributed by atoms with Gasteiger partial charge in [0.15, 0.2) is 10.2 Å². The summed E-state index contributed by atoms with van der Waals surface area (Å²) in [5.74, 6) is -0.315. The highest BCUT2D eigenvalue weighted by Crippen LogP contribution is 1.89. The lowest BCUT2D eigenvalue weighted by Crippen LogP contribution is -2.28. The van der Waals surface area contributed by atoms with Gasteiger partial charge in [-0.3, -0.25) is 28.8 Å². The second-order valence-electron chi connectivity index (χ2n) is 9.09. The summed E-state index contributed by atoms with van der Waals surface area (Å²) in [6, 6.07) is -0.157. The molecule has 0 aromatic heterocycles. The first-order valence-corrected chi connectivity index (χ1v) is 21.4. The SMILES string of the molecule is CC(C)=O.CNC(=O)NC.CNC(=O)OC.CNC(=O)OC.CNC(C)=O.CNC(C)=O.COC.COC(=O)OC.COC(C)=O.COC(C)=O.CSC.CSC(C)=O.CSC(C)=O. The fourth-order valence-electron chi connectivity index (χ4n) is 0.412. The smallest absolute Gasteiger partial charge is 0.469 e. The maximum Gasteiger partial charge on any atom is 0.507 e. The summed E-state index contributed by atoms with van der Waals surface area (Å²) in [5, 5.41) is 14.4. The Bertz CT molecular complexity index is 892. The molecule has 0 heterocycles. The van der Waals surface area contributed by atoms with Crippen LogP contribution in [0.2, 0.25) is 0 Å². The average Bonchev–Trinajstić information content (AvgIpc) is 3.27. The highest BCUT2D eigenvalue weighted by atomic mass is 32.2. The van der Waals surface area contributed by atoms with Crippen LogP contribution in [-0.4, -0.2) is 188 Å². The minimum atomic E-state index is -0.657. The van der Waals surface area contributed by atoms with E-state index in [-0.39, 0.29) is 45.8 Å². The van der Waals surface area contributed by atoms with Crippen molar-refractivity contribution in [2.24, 2.45) is 0 Å². The van der Waals surface area contributed by atoms with Gasteiger partial charge in [-0.2, -0.15) is 11.8 Å². The molecule has 0 aliphatic rings. The largest absolute Gasteiger partial charge is 0.507 e. The van der Waals surface area contributed by atoms with Crippen LogP contribution in [0.15, 0.2) is 0 Å². The summed E-state index contributed by atoms with van der Waals surface area (Å²) in [7, 11) is 20.4. The number of carbonyl (C=O) groups excluding carboxylic acids is 11. The number of urea groups is 1. The number of Topliss-reactive ketones (excluding diaryl/α,β-unsaturated/α-hetero) is 1. The van der Waals surface area contributed by atoms with E-state index in [9.17, 15) is 52.7 Å². The highest BCUT2D eigenvalue weighted by Gasteiger charge is 1.89. The number of nitrogens with one attached hydrogen (secondary N) is 6. The Labute approximate surface area is 395 Å². The predicted octanol–water partition coefficient (Wildman–Crippen LogP) is 3.38. The van der Waals surface area contributed by atoms with Gasteiger partial charge >= 0.3 is 36.3 Å². The first kappa shape index (κ1) is 93.8.